The normalized spacial score (nSPS) is 20.4. The van der Waals surface area contributed by atoms with Gasteiger partial charge in [0.1, 0.15) is 0 Å². The van der Waals surface area contributed by atoms with Crippen molar-refractivity contribution in [1.82, 2.24) is 4.98 Å². The zero-order valence-electron chi connectivity index (χ0n) is 11.2. The summed E-state index contributed by atoms with van der Waals surface area (Å²) in [6.45, 7) is 0. The number of hydrogen-bond acceptors (Lipinski definition) is 4. The molecule has 0 fully saturated rings. The Bertz CT molecular complexity index is 784. The highest BCUT2D eigenvalue weighted by Crippen LogP contribution is 2.48. The van der Waals surface area contributed by atoms with Crippen LogP contribution in [0.2, 0.25) is 0 Å². The number of rotatable bonds is 1. The van der Waals surface area contributed by atoms with Crippen molar-refractivity contribution in [2.24, 2.45) is 0 Å². The second kappa shape index (κ2) is 4.98. The van der Waals surface area contributed by atoms with Crippen molar-refractivity contribution in [1.29, 1.82) is 0 Å². The second-order valence-electron chi connectivity index (χ2n) is 4.99. The lowest BCUT2D eigenvalue weighted by Crippen LogP contribution is -2.30. The molecule has 0 aliphatic carbocycles. The molecule has 3 aromatic rings. The van der Waals surface area contributed by atoms with Crippen LogP contribution in [0.1, 0.15) is 22.4 Å². The highest BCUT2D eigenvalue weighted by atomic mass is 32.2. The summed E-state index contributed by atoms with van der Waals surface area (Å²) in [7, 11) is 0. The van der Waals surface area contributed by atoms with Gasteiger partial charge >= 0.3 is 0 Å². The van der Waals surface area contributed by atoms with Crippen molar-refractivity contribution in [2.75, 3.05) is 0 Å². The third-order valence-electron chi connectivity index (χ3n) is 3.82. The summed E-state index contributed by atoms with van der Waals surface area (Å²) < 4.78 is 1.17. The van der Waals surface area contributed by atoms with Crippen LogP contribution in [-0.2, 0) is 11.4 Å². The van der Waals surface area contributed by atoms with Crippen LogP contribution in [0, 0.1) is 0 Å². The molecule has 0 saturated carbocycles. The first-order valence-electron chi connectivity index (χ1n) is 6.73. The molecule has 1 aliphatic rings. The Balaban J connectivity index is 2.06. The summed E-state index contributed by atoms with van der Waals surface area (Å²) in [6, 6.07) is 15.8. The molecule has 1 unspecified atom stereocenters. The van der Waals surface area contributed by atoms with Crippen LogP contribution >= 0.6 is 23.1 Å². The first-order valence-corrected chi connectivity index (χ1v) is 8.59. The third-order valence-corrected chi connectivity index (χ3v) is 6.11. The molecule has 1 aromatic carbocycles. The minimum Gasteiger partial charge on any atom is -0.374 e. The van der Waals surface area contributed by atoms with Crippen LogP contribution in [0.4, 0.5) is 0 Å². The number of nitrogens with zero attached hydrogens (tertiary/aromatic N) is 1. The van der Waals surface area contributed by atoms with Crippen molar-refractivity contribution in [3.05, 3.63) is 82.5 Å². The summed E-state index contributed by atoms with van der Waals surface area (Å²) in [5.74, 6) is 0.874. The van der Waals surface area contributed by atoms with E-state index in [1.54, 1.807) is 29.3 Å². The van der Waals surface area contributed by atoms with Crippen LogP contribution in [0.25, 0.3) is 0 Å². The second-order valence-corrected chi connectivity index (χ2v) is 7.15. The Kier molecular flexibility index (Phi) is 3.10. The standard InChI is InChI=1S/C17H13NOS2/c19-17(15-7-3-4-9-18-15)13-6-2-1-5-12(13)11-21-16-14(17)8-10-20-16/h1-10,19H,11H2. The maximum atomic E-state index is 11.6. The van der Waals surface area contributed by atoms with Crippen LogP contribution in [0.5, 0.6) is 0 Å². The molecule has 21 heavy (non-hydrogen) atoms. The van der Waals surface area contributed by atoms with E-state index in [4.69, 9.17) is 0 Å². The third kappa shape index (κ3) is 1.94. The molecule has 3 heterocycles. The predicted octanol–water partition coefficient (Wildman–Crippen LogP) is 4.03. The number of thiophene rings is 1. The minimum atomic E-state index is -1.17. The van der Waals surface area contributed by atoms with Gasteiger partial charge in [0.25, 0.3) is 0 Å². The van der Waals surface area contributed by atoms with E-state index in [0.717, 1.165) is 16.9 Å². The Hall–Kier alpha value is -1.62. The van der Waals surface area contributed by atoms with E-state index < -0.39 is 5.60 Å². The lowest BCUT2D eigenvalue weighted by Gasteiger charge is -2.28. The molecular formula is C17H13NOS2. The van der Waals surface area contributed by atoms with E-state index in [-0.39, 0.29) is 0 Å². The molecule has 0 radical (unpaired) electrons. The van der Waals surface area contributed by atoms with Crippen LogP contribution in [-0.4, -0.2) is 10.1 Å². The van der Waals surface area contributed by atoms with Gasteiger partial charge in [-0.05, 0) is 34.7 Å². The molecule has 0 saturated heterocycles. The number of pyridine rings is 1. The molecule has 0 spiro atoms. The number of fused-ring (bicyclic) bond motifs is 2. The fourth-order valence-corrected chi connectivity index (χ4v) is 5.01. The summed E-state index contributed by atoms with van der Waals surface area (Å²) in [5, 5.41) is 13.7. The first-order chi connectivity index (χ1) is 10.3. The predicted molar refractivity (Wildman–Crippen MR) is 86.7 cm³/mol. The van der Waals surface area contributed by atoms with Crippen molar-refractivity contribution < 1.29 is 5.11 Å². The molecule has 2 aromatic heterocycles. The summed E-state index contributed by atoms with van der Waals surface area (Å²) in [5.41, 5.74) is 2.56. The first kappa shape index (κ1) is 13.1. The van der Waals surface area contributed by atoms with Crippen LogP contribution in [0.15, 0.2) is 64.3 Å². The van der Waals surface area contributed by atoms with E-state index in [0.29, 0.717) is 5.69 Å². The van der Waals surface area contributed by atoms with Crippen molar-refractivity contribution in [3.8, 4) is 0 Å². The van der Waals surface area contributed by atoms with Crippen molar-refractivity contribution >= 4 is 23.1 Å². The Morgan fingerprint density at radius 3 is 2.71 bits per heavy atom. The van der Waals surface area contributed by atoms with Gasteiger partial charge in [-0.2, -0.15) is 0 Å². The fourth-order valence-electron chi connectivity index (χ4n) is 2.82. The van der Waals surface area contributed by atoms with Gasteiger partial charge in [-0.1, -0.05) is 30.3 Å². The quantitative estimate of drug-likeness (QED) is 0.736. The monoisotopic (exact) mass is 311 g/mol. The van der Waals surface area contributed by atoms with Gasteiger partial charge in [-0.15, -0.1) is 23.1 Å². The van der Waals surface area contributed by atoms with Crippen LogP contribution < -0.4 is 0 Å². The Morgan fingerprint density at radius 2 is 1.86 bits per heavy atom. The van der Waals surface area contributed by atoms with E-state index in [9.17, 15) is 5.11 Å². The average molecular weight is 311 g/mol. The van der Waals surface area contributed by atoms with Crippen LogP contribution in [0.3, 0.4) is 0 Å². The molecule has 0 bridgehead atoms. The summed E-state index contributed by atoms with van der Waals surface area (Å²) >= 11 is 3.47. The molecule has 1 atom stereocenters. The SMILES string of the molecule is OC1(c2ccccn2)c2ccccc2CSc2sccc21. The molecule has 0 amide bonds. The number of aromatic nitrogens is 1. The molecule has 4 heteroatoms. The number of aliphatic hydroxyl groups is 1. The minimum absolute atomic E-state index is 0.680. The van der Waals surface area contributed by atoms with E-state index in [1.807, 2.05) is 47.8 Å². The maximum Gasteiger partial charge on any atom is 0.159 e. The Labute approximate surface area is 131 Å². The lowest BCUT2D eigenvalue weighted by molar-refractivity contribution is 0.118. The van der Waals surface area contributed by atoms with Gasteiger partial charge in [0.05, 0.1) is 9.90 Å². The number of benzene rings is 1. The number of thioether (sulfide) groups is 1. The number of hydrogen-bond donors (Lipinski definition) is 1. The zero-order chi connectivity index (χ0) is 14.3. The van der Waals surface area contributed by atoms with Gasteiger partial charge in [0.15, 0.2) is 5.60 Å². The molecule has 104 valence electrons. The van der Waals surface area contributed by atoms with Gasteiger partial charge in [-0.3, -0.25) is 4.98 Å². The lowest BCUT2D eigenvalue weighted by atomic mass is 9.82. The summed E-state index contributed by atoms with van der Waals surface area (Å²) in [6.07, 6.45) is 1.74. The molecule has 1 N–H and O–H groups in total. The molecule has 1 aliphatic heterocycles. The topological polar surface area (TPSA) is 33.1 Å². The molecule has 4 rings (SSSR count). The zero-order valence-corrected chi connectivity index (χ0v) is 12.8. The average Bonchev–Trinajstić information content (AvgIpc) is 2.98. The van der Waals surface area contributed by atoms with Gasteiger partial charge in [0, 0.05) is 17.5 Å². The van der Waals surface area contributed by atoms with E-state index >= 15 is 0 Å². The smallest absolute Gasteiger partial charge is 0.159 e. The highest BCUT2D eigenvalue weighted by molar-refractivity contribution is 8.00. The van der Waals surface area contributed by atoms with Crippen molar-refractivity contribution in [2.45, 2.75) is 15.6 Å². The molecule has 2 nitrogen and oxygen atoms in total. The largest absolute Gasteiger partial charge is 0.374 e. The Morgan fingerprint density at radius 1 is 1.00 bits per heavy atom. The van der Waals surface area contributed by atoms with Gasteiger partial charge in [-0.25, -0.2) is 0 Å². The van der Waals surface area contributed by atoms with Crippen molar-refractivity contribution in [3.63, 3.8) is 0 Å². The molecular weight excluding hydrogens is 298 g/mol. The highest BCUT2D eigenvalue weighted by Gasteiger charge is 2.40. The fraction of sp³-hybridized carbons (Fsp3) is 0.118. The summed E-state index contributed by atoms with van der Waals surface area (Å²) in [4.78, 5) is 4.44. The van der Waals surface area contributed by atoms with E-state index in [1.165, 1.54) is 9.77 Å². The van der Waals surface area contributed by atoms with E-state index in [2.05, 4.69) is 11.1 Å². The maximum absolute atomic E-state index is 11.6. The van der Waals surface area contributed by atoms with Gasteiger partial charge < -0.3 is 5.11 Å². The van der Waals surface area contributed by atoms with Gasteiger partial charge in [0.2, 0.25) is 0 Å².